The number of hydrogen-bond acceptors (Lipinski definition) is 2. The first-order valence-corrected chi connectivity index (χ1v) is 9.65. The van der Waals surface area contributed by atoms with E-state index >= 15 is 0 Å². The van der Waals surface area contributed by atoms with Gasteiger partial charge in [0.25, 0.3) is 0 Å². The van der Waals surface area contributed by atoms with Crippen LogP contribution in [-0.4, -0.2) is 17.8 Å². The van der Waals surface area contributed by atoms with Crippen molar-refractivity contribution in [3.63, 3.8) is 0 Å². The summed E-state index contributed by atoms with van der Waals surface area (Å²) < 4.78 is 23.9. The summed E-state index contributed by atoms with van der Waals surface area (Å²) in [6.07, 6.45) is 0. The van der Waals surface area contributed by atoms with Gasteiger partial charge in [0, 0.05) is 13.1 Å². The third kappa shape index (κ3) is 5.64. The molecule has 1 N–H and O–H groups in total. The lowest BCUT2D eigenvalue weighted by Gasteiger charge is -2.24. The van der Waals surface area contributed by atoms with Gasteiger partial charge in [0.1, 0.15) is 0 Å². The zero-order valence-corrected chi connectivity index (χ0v) is 11.3. The molecule has 0 aromatic heterocycles. The van der Waals surface area contributed by atoms with E-state index in [1.54, 1.807) is 13.8 Å². The number of hydrogen-bond donors (Lipinski definition) is 1. The molecule has 0 aliphatic carbocycles. The summed E-state index contributed by atoms with van der Waals surface area (Å²) >= 11 is 16.0. The van der Waals surface area contributed by atoms with Crippen LogP contribution in [0.3, 0.4) is 0 Å². The van der Waals surface area contributed by atoms with Crippen molar-refractivity contribution >= 4 is 46.5 Å². The van der Waals surface area contributed by atoms with Crippen molar-refractivity contribution in [3.8, 4) is 0 Å². The largest absolute Gasteiger partial charge is 0.327 e. The van der Waals surface area contributed by atoms with Gasteiger partial charge in [-0.05, 0) is 33.7 Å². The fourth-order valence-electron chi connectivity index (χ4n) is 0.794. The Morgan fingerprint density at radius 2 is 1.54 bits per heavy atom. The van der Waals surface area contributed by atoms with E-state index in [0.29, 0.717) is 13.1 Å². The van der Waals surface area contributed by atoms with Gasteiger partial charge in [0.2, 0.25) is 0 Å². The molecule has 13 heavy (non-hydrogen) atoms. The lowest BCUT2D eigenvalue weighted by molar-refractivity contribution is 0.452. The van der Waals surface area contributed by atoms with E-state index in [4.69, 9.17) is 33.7 Å². The quantitative estimate of drug-likeness (QED) is 0.780. The molecule has 0 aromatic carbocycles. The predicted octanol–water partition coefficient (Wildman–Crippen LogP) is 3.85. The number of nitrogens with one attached hydrogen (secondary N) is 1. The van der Waals surface area contributed by atoms with Crippen molar-refractivity contribution in [3.05, 3.63) is 0 Å². The highest BCUT2D eigenvalue weighted by Crippen LogP contribution is 2.65. The SMILES string of the molecule is CCN(CC)P(=O)(Cl)NP(=O)(Cl)Cl. The van der Waals surface area contributed by atoms with Gasteiger partial charge in [-0.1, -0.05) is 13.8 Å². The van der Waals surface area contributed by atoms with Crippen LogP contribution in [0.4, 0.5) is 0 Å². The lowest BCUT2D eigenvalue weighted by atomic mass is 10.7. The Kier molecular flexibility index (Phi) is 5.88. The topological polar surface area (TPSA) is 49.4 Å². The summed E-state index contributed by atoms with van der Waals surface area (Å²) in [5.41, 5.74) is 0. The van der Waals surface area contributed by atoms with Gasteiger partial charge in [-0.2, -0.15) is 4.86 Å². The van der Waals surface area contributed by atoms with Crippen LogP contribution in [0.15, 0.2) is 0 Å². The van der Waals surface area contributed by atoms with E-state index in [1.165, 1.54) is 4.67 Å². The molecule has 0 saturated carbocycles. The molecule has 0 heterocycles. The molecule has 1 atom stereocenters. The summed E-state index contributed by atoms with van der Waals surface area (Å²) in [7, 11) is 0. The van der Waals surface area contributed by atoms with E-state index in [1.807, 2.05) is 4.86 Å². The predicted molar refractivity (Wildman–Crippen MR) is 58.8 cm³/mol. The zero-order valence-electron chi connectivity index (χ0n) is 7.21. The molecule has 0 amide bonds. The first-order valence-electron chi connectivity index (χ1n) is 3.57. The van der Waals surface area contributed by atoms with Gasteiger partial charge in [0.15, 0.2) is 0 Å². The molecule has 4 nitrogen and oxygen atoms in total. The summed E-state index contributed by atoms with van der Waals surface area (Å²) in [4.78, 5) is 2.03. The van der Waals surface area contributed by atoms with Crippen molar-refractivity contribution < 1.29 is 9.13 Å². The number of rotatable bonds is 5. The van der Waals surface area contributed by atoms with E-state index in [-0.39, 0.29) is 0 Å². The summed E-state index contributed by atoms with van der Waals surface area (Å²) in [6, 6.07) is 0. The second-order valence-corrected chi connectivity index (χ2v) is 10.2. The average molecular weight is 287 g/mol. The van der Waals surface area contributed by atoms with Crippen LogP contribution in [0.25, 0.3) is 0 Å². The van der Waals surface area contributed by atoms with Gasteiger partial charge in [-0.25, -0.2) is 4.67 Å². The Morgan fingerprint density at radius 1 is 1.15 bits per heavy atom. The smallest absolute Gasteiger partial charge is 0.271 e. The summed E-state index contributed by atoms with van der Waals surface area (Å²) in [5.74, 6) is -3.61. The molecule has 80 valence electrons. The normalized spacial score (nSPS) is 17.4. The van der Waals surface area contributed by atoms with Crippen molar-refractivity contribution in [1.82, 2.24) is 9.53 Å². The maximum Gasteiger partial charge on any atom is 0.327 e. The fourth-order valence-corrected chi connectivity index (χ4v) is 7.32. The second kappa shape index (κ2) is 5.37. The highest BCUT2D eigenvalue weighted by Gasteiger charge is 2.32. The maximum atomic E-state index is 11.6. The first kappa shape index (κ1) is 14.2. The first-order chi connectivity index (χ1) is 5.73. The van der Waals surface area contributed by atoms with Gasteiger partial charge < -0.3 is 0 Å². The maximum absolute atomic E-state index is 11.6. The standard InChI is InChI=1S/C4H11Cl3N2O2P2/c1-3-9(4-2)13(7,11)8-12(5,6)10/h3-4H2,1-2H3,(H,8,10,11). The molecular weight excluding hydrogens is 276 g/mol. The minimum Gasteiger partial charge on any atom is -0.271 e. The molecule has 0 bridgehead atoms. The van der Waals surface area contributed by atoms with Gasteiger partial charge in [-0.15, -0.1) is 0 Å². The van der Waals surface area contributed by atoms with Crippen LogP contribution in [0.2, 0.25) is 0 Å². The molecule has 0 rings (SSSR count). The minimum absolute atomic E-state index is 0.456. The van der Waals surface area contributed by atoms with Crippen LogP contribution < -0.4 is 4.86 Å². The molecule has 0 saturated heterocycles. The monoisotopic (exact) mass is 286 g/mol. The van der Waals surface area contributed by atoms with Crippen LogP contribution in [0.1, 0.15) is 13.8 Å². The highest BCUT2D eigenvalue weighted by atomic mass is 35.9. The molecule has 0 aliphatic rings. The van der Waals surface area contributed by atoms with Crippen molar-refractivity contribution in [2.24, 2.45) is 0 Å². The molecular formula is C4H11Cl3N2O2P2. The van der Waals surface area contributed by atoms with Crippen LogP contribution in [0.5, 0.6) is 0 Å². The van der Waals surface area contributed by atoms with E-state index in [0.717, 1.165) is 0 Å². The highest BCUT2D eigenvalue weighted by molar-refractivity contribution is 8.12. The van der Waals surface area contributed by atoms with Crippen molar-refractivity contribution in [1.29, 1.82) is 0 Å². The van der Waals surface area contributed by atoms with E-state index in [9.17, 15) is 9.13 Å². The Morgan fingerprint density at radius 3 is 1.77 bits per heavy atom. The molecule has 0 fully saturated rings. The minimum atomic E-state index is -3.61. The Labute approximate surface area is 92.2 Å². The van der Waals surface area contributed by atoms with Gasteiger partial charge >= 0.3 is 12.8 Å². The van der Waals surface area contributed by atoms with Gasteiger partial charge in [0.05, 0.1) is 0 Å². The molecule has 0 radical (unpaired) electrons. The Hall–Kier alpha value is 1.25. The number of halogens is 3. The van der Waals surface area contributed by atoms with Crippen LogP contribution >= 0.6 is 46.5 Å². The van der Waals surface area contributed by atoms with Crippen LogP contribution in [-0.2, 0) is 9.13 Å². The molecule has 1 unspecified atom stereocenters. The molecule has 0 spiro atoms. The molecule has 9 heteroatoms. The van der Waals surface area contributed by atoms with Crippen LogP contribution in [0, 0.1) is 0 Å². The third-order valence-electron chi connectivity index (χ3n) is 1.33. The molecule has 0 aliphatic heterocycles. The fraction of sp³-hybridized carbons (Fsp3) is 1.00. The third-order valence-corrected chi connectivity index (χ3v) is 7.23. The Balaban J connectivity index is 4.56. The van der Waals surface area contributed by atoms with Gasteiger partial charge in [-0.3, -0.25) is 9.13 Å². The molecule has 0 aromatic rings. The Bertz CT molecular complexity index is 252. The van der Waals surface area contributed by atoms with Crippen molar-refractivity contribution in [2.45, 2.75) is 13.8 Å². The second-order valence-electron chi connectivity index (χ2n) is 2.20. The van der Waals surface area contributed by atoms with E-state index in [2.05, 4.69) is 0 Å². The lowest BCUT2D eigenvalue weighted by Crippen LogP contribution is -2.22. The average Bonchev–Trinajstić information content (AvgIpc) is 1.83. The zero-order chi connectivity index (χ0) is 10.7. The van der Waals surface area contributed by atoms with E-state index < -0.39 is 12.8 Å². The van der Waals surface area contributed by atoms with Crippen molar-refractivity contribution in [2.75, 3.05) is 13.1 Å². The number of nitrogens with zero attached hydrogens (tertiary/aromatic N) is 1. The summed E-state index contributed by atoms with van der Waals surface area (Å²) in [5, 5.41) is 0. The summed E-state index contributed by atoms with van der Waals surface area (Å²) in [6.45, 7) is 1.06.